The van der Waals surface area contributed by atoms with Crippen molar-refractivity contribution in [2.24, 2.45) is 5.41 Å². The number of likely N-dealkylation sites (tertiary alicyclic amines) is 2. The number of amides is 1. The van der Waals surface area contributed by atoms with Gasteiger partial charge in [-0.05, 0) is 84.7 Å². The minimum absolute atomic E-state index is 0.145. The lowest BCUT2D eigenvalue weighted by molar-refractivity contribution is 0.0232. The van der Waals surface area contributed by atoms with Gasteiger partial charge in [-0.3, -0.25) is 14.5 Å². The Morgan fingerprint density at radius 3 is 2.15 bits per heavy atom. The van der Waals surface area contributed by atoms with Crippen molar-refractivity contribution in [3.05, 3.63) is 95.6 Å². The van der Waals surface area contributed by atoms with Gasteiger partial charge in [0.25, 0.3) is 5.91 Å². The highest BCUT2D eigenvalue weighted by Gasteiger charge is 2.45. The predicted molar refractivity (Wildman–Crippen MR) is 157 cm³/mol. The second-order valence-electron chi connectivity index (χ2n) is 11.9. The maximum atomic E-state index is 14.0. The summed E-state index contributed by atoms with van der Waals surface area (Å²) in [7, 11) is 0. The minimum Gasteiger partial charge on any atom is -0.338 e. The molecule has 4 aromatic rings. The second kappa shape index (κ2) is 9.91. The highest BCUT2D eigenvalue weighted by molar-refractivity contribution is 6.18. The molecule has 1 aliphatic carbocycles. The molecule has 1 amide bonds. The van der Waals surface area contributed by atoms with Crippen molar-refractivity contribution >= 4 is 33.2 Å². The van der Waals surface area contributed by atoms with E-state index in [2.05, 4.69) is 52.3 Å². The van der Waals surface area contributed by atoms with Gasteiger partial charge in [0.2, 0.25) is 0 Å². The molecule has 2 heterocycles. The molecule has 1 unspecified atom stereocenters. The summed E-state index contributed by atoms with van der Waals surface area (Å²) in [5.74, 6) is 0.517. The first-order valence-electron chi connectivity index (χ1n) is 14.7. The lowest BCUT2D eigenvalue weighted by atomic mass is 9.71. The average molecular weight is 517 g/mol. The summed E-state index contributed by atoms with van der Waals surface area (Å²) in [6, 6.07) is 27.4. The largest absolute Gasteiger partial charge is 0.338 e. The number of nitrogens with zero attached hydrogens (tertiary/aromatic N) is 2. The summed E-state index contributed by atoms with van der Waals surface area (Å²) in [4.78, 5) is 32.6. The zero-order valence-corrected chi connectivity index (χ0v) is 22.6. The van der Waals surface area contributed by atoms with Gasteiger partial charge in [0.15, 0.2) is 5.78 Å². The van der Waals surface area contributed by atoms with Crippen LogP contribution in [0.25, 0.3) is 21.5 Å². The molecule has 4 nitrogen and oxygen atoms in total. The van der Waals surface area contributed by atoms with Crippen LogP contribution in [0.4, 0.5) is 0 Å². The molecule has 0 saturated carbocycles. The first kappa shape index (κ1) is 24.5. The Bertz CT molecular complexity index is 1510. The van der Waals surface area contributed by atoms with Crippen LogP contribution in [0.3, 0.4) is 0 Å². The van der Waals surface area contributed by atoms with Crippen LogP contribution in [0.1, 0.15) is 64.8 Å². The molecule has 0 bridgehead atoms. The highest BCUT2D eigenvalue weighted by atomic mass is 16.2. The minimum atomic E-state index is -0.250. The van der Waals surface area contributed by atoms with Gasteiger partial charge < -0.3 is 4.90 Å². The molecule has 0 radical (unpaired) electrons. The Hall–Kier alpha value is -3.50. The zero-order valence-electron chi connectivity index (χ0n) is 22.6. The molecule has 7 rings (SSSR count). The molecule has 2 fully saturated rings. The summed E-state index contributed by atoms with van der Waals surface area (Å²) >= 11 is 0. The molecule has 3 aliphatic rings. The van der Waals surface area contributed by atoms with E-state index >= 15 is 0 Å². The fraction of sp³-hybridized carbons (Fsp3) is 0.371. The number of rotatable bonds is 2. The van der Waals surface area contributed by atoms with Gasteiger partial charge in [-0.15, -0.1) is 0 Å². The molecule has 4 aromatic carbocycles. The van der Waals surface area contributed by atoms with Crippen molar-refractivity contribution in [1.29, 1.82) is 0 Å². The van der Waals surface area contributed by atoms with Crippen LogP contribution in [0, 0.1) is 5.41 Å². The van der Waals surface area contributed by atoms with Crippen molar-refractivity contribution in [2.75, 3.05) is 26.2 Å². The molecular weight excluding hydrogens is 480 g/mol. The zero-order chi connectivity index (χ0) is 26.4. The van der Waals surface area contributed by atoms with Crippen LogP contribution in [0.15, 0.2) is 78.9 Å². The fourth-order valence-electron chi connectivity index (χ4n) is 7.68. The third-order valence-electron chi connectivity index (χ3n) is 9.70. The summed E-state index contributed by atoms with van der Waals surface area (Å²) < 4.78 is 0. The smallest absolute Gasteiger partial charge is 0.255 e. The number of hydrogen-bond donors (Lipinski definition) is 0. The molecular formula is C35H36N2O2. The third-order valence-corrected chi connectivity index (χ3v) is 9.70. The van der Waals surface area contributed by atoms with Crippen LogP contribution in [-0.4, -0.2) is 53.7 Å². The van der Waals surface area contributed by atoms with Gasteiger partial charge in [-0.2, -0.15) is 0 Å². The number of hydrogen-bond acceptors (Lipinski definition) is 3. The molecule has 0 aromatic heterocycles. The van der Waals surface area contributed by atoms with Gasteiger partial charge in [0.05, 0.1) is 5.56 Å². The average Bonchev–Trinajstić information content (AvgIpc) is 3.12. The lowest BCUT2D eigenvalue weighted by Gasteiger charge is -2.47. The van der Waals surface area contributed by atoms with E-state index in [0.29, 0.717) is 11.8 Å². The number of carbonyl (C=O) groups is 2. The number of ketones is 1. The first-order chi connectivity index (χ1) is 19.1. The third kappa shape index (κ3) is 4.26. The summed E-state index contributed by atoms with van der Waals surface area (Å²) in [5, 5.41) is 4.30. The SMILES string of the molecule is O=C(c1c2ccccc2cc2ccccc12)N1CCC(N2CCCC3(CCCc4ccccc4C3=O)C2)CC1. The topological polar surface area (TPSA) is 40.6 Å². The van der Waals surface area contributed by atoms with Crippen LogP contribution < -0.4 is 0 Å². The van der Waals surface area contributed by atoms with Crippen molar-refractivity contribution in [1.82, 2.24) is 9.80 Å². The van der Waals surface area contributed by atoms with Crippen molar-refractivity contribution in [3.8, 4) is 0 Å². The quantitative estimate of drug-likeness (QED) is 0.272. The molecule has 2 saturated heterocycles. The standard InChI is InChI=1S/C35H36N2O2/c38-33-31-15-6-1-9-25(31)12-7-18-35(33)19-8-20-37(24-35)28-16-21-36(22-17-28)34(39)32-29-13-4-2-10-26(29)23-27-11-3-5-14-30(27)32/h1-6,9-11,13-15,23,28H,7-8,12,16-22,24H2. The fourth-order valence-corrected chi connectivity index (χ4v) is 7.68. The normalized spacial score (nSPS) is 22.8. The van der Waals surface area contributed by atoms with E-state index in [9.17, 15) is 9.59 Å². The van der Waals surface area contributed by atoms with Gasteiger partial charge in [-0.25, -0.2) is 0 Å². The van der Waals surface area contributed by atoms with E-state index in [1.807, 2.05) is 36.4 Å². The highest BCUT2D eigenvalue weighted by Crippen LogP contribution is 2.42. The molecule has 4 heteroatoms. The summed E-state index contributed by atoms with van der Waals surface area (Å²) in [5.41, 5.74) is 2.77. The number of piperidine rings is 2. The molecule has 2 aliphatic heterocycles. The molecule has 1 spiro atoms. The molecule has 39 heavy (non-hydrogen) atoms. The Kier molecular flexibility index (Phi) is 6.24. The maximum absolute atomic E-state index is 14.0. The van der Waals surface area contributed by atoms with Gasteiger partial charge >= 0.3 is 0 Å². The number of benzene rings is 4. The van der Waals surface area contributed by atoms with Gasteiger partial charge in [-0.1, -0.05) is 72.8 Å². The van der Waals surface area contributed by atoms with E-state index in [-0.39, 0.29) is 11.3 Å². The summed E-state index contributed by atoms with van der Waals surface area (Å²) in [6.07, 6.45) is 7.10. The van der Waals surface area contributed by atoms with Gasteiger partial charge in [0, 0.05) is 36.7 Å². The van der Waals surface area contributed by atoms with Gasteiger partial charge in [0.1, 0.15) is 0 Å². The van der Waals surface area contributed by atoms with Crippen molar-refractivity contribution in [2.45, 2.75) is 51.0 Å². The monoisotopic (exact) mass is 516 g/mol. The van der Waals surface area contributed by atoms with Crippen molar-refractivity contribution in [3.63, 3.8) is 0 Å². The summed E-state index contributed by atoms with van der Waals surface area (Å²) in [6.45, 7) is 3.46. The Balaban J connectivity index is 1.10. The molecule has 198 valence electrons. The maximum Gasteiger partial charge on any atom is 0.255 e. The predicted octanol–water partition coefficient (Wildman–Crippen LogP) is 6.90. The first-order valence-corrected chi connectivity index (χ1v) is 14.7. The van der Waals surface area contributed by atoms with E-state index < -0.39 is 0 Å². The molecule has 1 atom stereocenters. The Morgan fingerprint density at radius 2 is 1.41 bits per heavy atom. The number of aryl methyl sites for hydroxylation is 1. The van der Waals surface area contributed by atoms with Crippen LogP contribution in [-0.2, 0) is 6.42 Å². The number of fused-ring (bicyclic) bond motifs is 3. The Labute approximate surface area is 230 Å². The van der Waals surface area contributed by atoms with Crippen LogP contribution in [0.2, 0.25) is 0 Å². The van der Waals surface area contributed by atoms with E-state index in [4.69, 9.17) is 0 Å². The Morgan fingerprint density at radius 1 is 0.769 bits per heavy atom. The van der Waals surface area contributed by atoms with Crippen molar-refractivity contribution < 1.29 is 9.59 Å². The van der Waals surface area contributed by atoms with E-state index in [0.717, 1.165) is 104 Å². The second-order valence-corrected chi connectivity index (χ2v) is 11.9. The van der Waals surface area contributed by atoms with Crippen LogP contribution >= 0.6 is 0 Å². The number of carbonyl (C=O) groups excluding carboxylic acids is 2. The van der Waals surface area contributed by atoms with E-state index in [1.54, 1.807) is 0 Å². The van der Waals surface area contributed by atoms with Crippen LogP contribution in [0.5, 0.6) is 0 Å². The number of Topliss-reactive ketones (excluding diaryl/α,β-unsaturated/α-hetero) is 1. The molecule has 0 N–H and O–H groups in total. The lowest BCUT2D eigenvalue weighted by Crippen LogP contribution is -2.54. The van der Waals surface area contributed by atoms with E-state index in [1.165, 1.54) is 5.56 Å².